The van der Waals surface area contributed by atoms with Gasteiger partial charge in [-0.15, -0.1) is 0 Å². The molecular formula is C16H18ClN3. The van der Waals surface area contributed by atoms with Crippen LogP contribution in [0.3, 0.4) is 0 Å². The molecule has 1 aromatic heterocycles. The number of benzene rings is 1. The van der Waals surface area contributed by atoms with Crippen molar-refractivity contribution in [3.05, 3.63) is 63.9 Å². The highest BCUT2D eigenvalue weighted by Gasteiger charge is 2.14. The van der Waals surface area contributed by atoms with Crippen molar-refractivity contribution in [2.45, 2.75) is 31.7 Å². The highest BCUT2D eigenvalue weighted by molar-refractivity contribution is 6.29. The predicted molar refractivity (Wildman–Crippen MR) is 81.5 cm³/mol. The maximum Gasteiger partial charge on any atom is 0.129 e. The summed E-state index contributed by atoms with van der Waals surface area (Å²) in [4.78, 5) is 4.01. The van der Waals surface area contributed by atoms with Crippen LogP contribution in [0, 0.1) is 0 Å². The van der Waals surface area contributed by atoms with Crippen molar-refractivity contribution >= 4 is 11.6 Å². The summed E-state index contributed by atoms with van der Waals surface area (Å²) < 4.78 is 0. The van der Waals surface area contributed by atoms with E-state index in [0.29, 0.717) is 5.15 Å². The molecule has 2 aromatic rings. The van der Waals surface area contributed by atoms with Crippen molar-refractivity contribution in [3.8, 4) is 0 Å². The van der Waals surface area contributed by atoms with E-state index in [9.17, 15) is 0 Å². The highest BCUT2D eigenvalue weighted by Crippen LogP contribution is 2.25. The van der Waals surface area contributed by atoms with Gasteiger partial charge in [0, 0.05) is 6.20 Å². The molecule has 3 nitrogen and oxygen atoms in total. The van der Waals surface area contributed by atoms with Gasteiger partial charge in [0.05, 0.1) is 6.04 Å². The Morgan fingerprint density at radius 1 is 1.20 bits per heavy atom. The fourth-order valence-electron chi connectivity index (χ4n) is 2.90. The Balaban J connectivity index is 1.81. The Bertz CT molecular complexity index is 612. The van der Waals surface area contributed by atoms with Gasteiger partial charge in [-0.1, -0.05) is 29.8 Å². The number of nitrogens with two attached hydrogens (primary N) is 1. The van der Waals surface area contributed by atoms with Crippen molar-refractivity contribution in [2.24, 2.45) is 5.84 Å². The molecule has 0 saturated carbocycles. The van der Waals surface area contributed by atoms with Gasteiger partial charge in [0.15, 0.2) is 0 Å². The van der Waals surface area contributed by atoms with Gasteiger partial charge < -0.3 is 0 Å². The smallest absolute Gasteiger partial charge is 0.129 e. The van der Waals surface area contributed by atoms with Crippen molar-refractivity contribution in [1.82, 2.24) is 10.4 Å². The summed E-state index contributed by atoms with van der Waals surface area (Å²) in [5.74, 6) is 5.70. The van der Waals surface area contributed by atoms with Gasteiger partial charge in [0.1, 0.15) is 5.15 Å². The molecule has 1 atom stereocenters. The first-order valence-electron chi connectivity index (χ1n) is 6.94. The quantitative estimate of drug-likeness (QED) is 0.516. The van der Waals surface area contributed by atoms with E-state index in [-0.39, 0.29) is 6.04 Å². The Kier molecular flexibility index (Phi) is 4.01. The summed E-state index contributed by atoms with van der Waals surface area (Å²) in [7, 11) is 0. The summed E-state index contributed by atoms with van der Waals surface area (Å²) in [6, 6.07) is 10.6. The van der Waals surface area contributed by atoms with Gasteiger partial charge in [-0.3, -0.25) is 11.3 Å². The zero-order valence-electron chi connectivity index (χ0n) is 11.3. The Morgan fingerprint density at radius 2 is 2.05 bits per heavy atom. The second-order valence-corrected chi connectivity index (χ2v) is 5.68. The monoisotopic (exact) mass is 287 g/mol. The molecule has 104 valence electrons. The lowest BCUT2D eigenvalue weighted by Gasteiger charge is -2.17. The number of fused-ring (bicyclic) bond motifs is 1. The van der Waals surface area contributed by atoms with Crippen LogP contribution in [0.2, 0.25) is 5.15 Å². The minimum Gasteiger partial charge on any atom is -0.271 e. The number of aryl methyl sites for hydroxylation is 2. The summed E-state index contributed by atoms with van der Waals surface area (Å²) in [6.07, 6.45) is 6.26. The number of halogens is 1. The molecule has 1 aromatic carbocycles. The normalized spacial score (nSPS) is 15.1. The third kappa shape index (κ3) is 2.85. The average Bonchev–Trinajstić information content (AvgIpc) is 2.92. The molecule has 1 unspecified atom stereocenters. The number of hydrogen-bond donors (Lipinski definition) is 2. The van der Waals surface area contributed by atoms with Crippen LogP contribution in [-0.2, 0) is 19.3 Å². The van der Waals surface area contributed by atoms with Crippen LogP contribution in [0.1, 0.15) is 34.7 Å². The van der Waals surface area contributed by atoms with Crippen LogP contribution in [0.25, 0.3) is 0 Å². The number of pyridine rings is 1. The Morgan fingerprint density at radius 3 is 2.85 bits per heavy atom. The molecule has 3 N–H and O–H groups in total. The number of hydrogen-bond acceptors (Lipinski definition) is 3. The first-order valence-corrected chi connectivity index (χ1v) is 7.32. The van der Waals surface area contributed by atoms with Gasteiger partial charge in [-0.05, 0) is 60.1 Å². The molecule has 0 bridgehead atoms. The molecule has 0 radical (unpaired) electrons. The third-order valence-corrected chi connectivity index (χ3v) is 4.16. The van der Waals surface area contributed by atoms with Gasteiger partial charge in [0.25, 0.3) is 0 Å². The van der Waals surface area contributed by atoms with Gasteiger partial charge >= 0.3 is 0 Å². The number of nitrogens with one attached hydrogen (secondary N) is 1. The number of aromatic nitrogens is 1. The molecule has 0 fully saturated rings. The molecule has 4 heteroatoms. The zero-order chi connectivity index (χ0) is 13.9. The van der Waals surface area contributed by atoms with Crippen LogP contribution >= 0.6 is 11.6 Å². The van der Waals surface area contributed by atoms with Crippen LogP contribution in [-0.4, -0.2) is 4.98 Å². The number of rotatable bonds is 4. The van der Waals surface area contributed by atoms with E-state index in [1.54, 1.807) is 6.20 Å². The highest BCUT2D eigenvalue weighted by atomic mass is 35.5. The van der Waals surface area contributed by atoms with Crippen molar-refractivity contribution < 1.29 is 0 Å². The topological polar surface area (TPSA) is 50.9 Å². The van der Waals surface area contributed by atoms with Crippen molar-refractivity contribution in [2.75, 3.05) is 0 Å². The summed E-state index contributed by atoms with van der Waals surface area (Å²) in [5.41, 5.74) is 8.24. The van der Waals surface area contributed by atoms with Crippen LogP contribution in [0.15, 0.2) is 36.5 Å². The van der Waals surface area contributed by atoms with Crippen LogP contribution < -0.4 is 11.3 Å². The minimum atomic E-state index is 0.0509. The Hall–Kier alpha value is -1.42. The van der Waals surface area contributed by atoms with Gasteiger partial charge in [0.2, 0.25) is 0 Å². The van der Waals surface area contributed by atoms with Crippen molar-refractivity contribution in [1.29, 1.82) is 0 Å². The molecule has 3 rings (SSSR count). The van der Waals surface area contributed by atoms with Crippen molar-refractivity contribution in [3.63, 3.8) is 0 Å². The van der Waals surface area contributed by atoms with E-state index in [0.717, 1.165) is 12.0 Å². The summed E-state index contributed by atoms with van der Waals surface area (Å²) in [5, 5.41) is 0.497. The fourth-order valence-corrected chi connectivity index (χ4v) is 3.08. The molecule has 0 aliphatic heterocycles. The molecular weight excluding hydrogens is 270 g/mol. The molecule has 0 amide bonds. The zero-order valence-corrected chi connectivity index (χ0v) is 12.0. The second-order valence-electron chi connectivity index (χ2n) is 5.29. The van der Waals surface area contributed by atoms with E-state index in [2.05, 4.69) is 28.6 Å². The first-order chi connectivity index (χ1) is 9.76. The van der Waals surface area contributed by atoms with E-state index in [4.69, 9.17) is 17.4 Å². The van der Waals surface area contributed by atoms with E-state index in [1.807, 2.05) is 12.1 Å². The van der Waals surface area contributed by atoms with Crippen LogP contribution in [0.5, 0.6) is 0 Å². The minimum absolute atomic E-state index is 0.0509. The largest absolute Gasteiger partial charge is 0.271 e. The standard InChI is InChI=1S/C16H18ClN3/c17-16-10-14(6-7-19-16)15(20-18)9-11-4-5-12-2-1-3-13(12)8-11/h4-8,10,15,20H,1-3,9,18H2. The van der Waals surface area contributed by atoms with Gasteiger partial charge in [-0.2, -0.15) is 0 Å². The summed E-state index contributed by atoms with van der Waals surface area (Å²) >= 11 is 5.95. The third-order valence-electron chi connectivity index (χ3n) is 3.96. The summed E-state index contributed by atoms with van der Waals surface area (Å²) in [6.45, 7) is 0. The molecule has 0 saturated heterocycles. The maximum atomic E-state index is 5.95. The molecule has 1 aliphatic carbocycles. The number of nitrogens with zero attached hydrogens (tertiary/aromatic N) is 1. The first kappa shape index (κ1) is 13.6. The molecule has 1 heterocycles. The predicted octanol–water partition coefficient (Wildman–Crippen LogP) is 2.97. The number of hydrazine groups is 1. The van der Waals surface area contributed by atoms with Crippen LogP contribution in [0.4, 0.5) is 0 Å². The molecule has 20 heavy (non-hydrogen) atoms. The SMILES string of the molecule is NNC(Cc1ccc2c(c1)CCC2)c1ccnc(Cl)c1. The van der Waals surface area contributed by atoms with Gasteiger partial charge in [-0.25, -0.2) is 4.98 Å². The molecule has 0 spiro atoms. The average molecular weight is 288 g/mol. The molecule has 1 aliphatic rings. The fraction of sp³-hybridized carbons (Fsp3) is 0.312. The van der Waals surface area contributed by atoms with E-state index in [1.165, 1.54) is 36.0 Å². The maximum absolute atomic E-state index is 5.95. The lowest BCUT2D eigenvalue weighted by molar-refractivity contribution is 0.551. The second kappa shape index (κ2) is 5.92. The van der Waals surface area contributed by atoms with E-state index < -0.39 is 0 Å². The Labute approximate surface area is 124 Å². The lowest BCUT2D eigenvalue weighted by atomic mass is 9.97. The van der Waals surface area contributed by atoms with E-state index >= 15 is 0 Å². The lowest BCUT2D eigenvalue weighted by Crippen LogP contribution is -2.29.